The lowest BCUT2D eigenvalue weighted by Crippen LogP contribution is -2.13. The highest BCUT2D eigenvalue weighted by Gasteiger charge is 2.42. The summed E-state index contributed by atoms with van der Waals surface area (Å²) in [6.07, 6.45) is -2.09. The first-order valence-corrected chi connectivity index (χ1v) is 6.77. The Labute approximate surface area is 113 Å². The predicted octanol–water partition coefficient (Wildman–Crippen LogP) is 4.21. The Morgan fingerprint density at radius 3 is 2.45 bits per heavy atom. The van der Waals surface area contributed by atoms with Gasteiger partial charge in [0.25, 0.3) is 0 Å². The van der Waals surface area contributed by atoms with Crippen LogP contribution in [0.5, 0.6) is 0 Å². The average molecular weight is 294 g/mol. The van der Waals surface area contributed by atoms with Gasteiger partial charge in [-0.25, -0.2) is 8.78 Å². The van der Waals surface area contributed by atoms with Crippen molar-refractivity contribution in [1.82, 2.24) is 9.78 Å². The molecule has 1 aromatic rings. The van der Waals surface area contributed by atoms with Crippen molar-refractivity contribution in [1.29, 1.82) is 0 Å². The van der Waals surface area contributed by atoms with Crippen LogP contribution >= 0.6 is 0 Å². The van der Waals surface area contributed by atoms with Crippen LogP contribution in [0.1, 0.15) is 49.3 Å². The van der Waals surface area contributed by atoms with Crippen LogP contribution < -0.4 is 0 Å². The van der Waals surface area contributed by atoms with Gasteiger partial charge in [-0.1, -0.05) is 0 Å². The second-order valence-electron chi connectivity index (χ2n) is 5.89. The molecule has 0 spiro atoms. The maximum atomic E-state index is 13.1. The summed E-state index contributed by atoms with van der Waals surface area (Å²) in [7, 11) is 0. The van der Waals surface area contributed by atoms with E-state index in [1.807, 2.05) is 0 Å². The molecule has 1 atom stereocenters. The molecular weight excluding hydrogens is 279 g/mol. The van der Waals surface area contributed by atoms with Gasteiger partial charge in [-0.2, -0.15) is 18.3 Å². The maximum Gasteiger partial charge on any atom is 0.419 e. The Bertz CT molecular complexity index is 501. The molecule has 2 saturated carbocycles. The van der Waals surface area contributed by atoms with Gasteiger partial charge in [0.15, 0.2) is 0 Å². The van der Waals surface area contributed by atoms with Gasteiger partial charge in [-0.05, 0) is 25.2 Å². The Morgan fingerprint density at radius 2 is 1.95 bits per heavy atom. The van der Waals surface area contributed by atoms with Crippen LogP contribution in [0.15, 0.2) is 6.20 Å². The van der Waals surface area contributed by atoms with Crippen LogP contribution in [-0.2, 0) is 12.7 Å². The largest absolute Gasteiger partial charge is 0.419 e. The number of hydrogen-bond acceptors (Lipinski definition) is 1. The van der Waals surface area contributed by atoms with Crippen molar-refractivity contribution in [2.45, 2.75) is 56.7 Å². The number of halogens is 5. The van der Waals surface area contributed by atoms with Gasteiger partial charge in [-0.15, -0.1) is 0 Å². The topological polar surface area (TPSA) is 17.8 Å². The number of rotatable bonds is 3. The molecule has 2 fully saturated rings. The molecule has 0 saturated heterocycles. The molecule has 1 aromatic heterocycles. The Morgan fingerprint density at radius 1 is 1.25 bits per heavy atom. The normalized spacial score (nSPS) is 26.1. The van der Waals surface area contributed by atoms with E-state index in [4.69, 9.17) is 0 Å². The molecule has 2 aliphatic rings. The molecule has 0 radical (unpaired) electrons. The highest BCUT2D eigenvalue weighted by Crippen LogP contribution is 2.45. The van der Waals surface area contributed by atoms with Crippen molar-refractivity contribution >= 4 is 0 Å². The quantitative estimate of drug-likeness (QED) is 0.763. The summed E-state index contributed by atoms with van der Waals surface area (Å²) in [4.78, 5) is 0. The molecule has 1 heterocycles. The molecule has 0 amide bonds. The van der Waals surface area contributed by atoms with Crippen molar-refractivity contribution < 1.29 is 22.0 Å². The number of aromatic nitrogens is 2. The predicted molar refractivity (Wildman–Crippen MR) is 61.5 cm³/mol. The molecule has 0 aliphatic heterocycles. The monoisotopic (exact) mass is 294 g/mol. The second-order valence-corrected chi connectivity index (χ2v) is 5.89. The molecule has 20 heavy (non-hydrogen) atoms. The zero-order valence-corrected chi connectivity index (χ0v) is 10.8. The minimum Gasteiger partial charge on any atom is -0.272 e. The lowest BCUT2D eigenvalue weighted by atomic mass is 10.1. The van der Waals surface area contributed by atoms with Crippen LogP contribution in [0.3, 0.4) is 0 Å². The number of nitrogens with zero attached hydrogens (tertiary/aromatic N) is 2. The summed E-state index contributed by atoms with van der Waals surface area (Å²) in [5.41, 5.74) is -0.619. The van der Waals surface area contributed by atoms with E-state index in [-0.39, 0.29) is 36.9 Å². The minimum absolute atomic E-state index is 0.0854. The van der Waals surface area contributed by atoms with E-state index in [1.54, 1.807) is 0 Å². The van der Waals surface area contributed by atoms with E-state index in [9.17, 15) is 22.0 Å². The molecule has 7 heteroatoms. The van der Waals surface area contributed by atoms with Crippen LogP contribution in [0.25, 0.3) is 0 Å². The zero-order valence-electron chi connectivity index (χ0n) is 10.8. The van der Waals surface area contributed by atoms with E-state index in [2.05, 4.69) is 5.10 Å². The van der Waals surface area contributed by atoms with E-state index < -0.39 is 17.7 Å². The number of alkyl halides is 5. The average Bonchev–Trinajstić information content (AvgIpc) is 2.97. The van der Waals surface area contributed by atoms with Crippen LogP contribution in [0.2, 0.25) is 0 Å². The lowest BCUT2D eigenvalue weighted by molar-refractivity contribution is -0.138. The summed E-state index contributed by atoms with van der Waals surface area (Å²) in [6, 6.07) is 0. The van der Waals surface area contributed by atoms with E-state index in [1.165, 1.54) is 4.68 Å². The van der Waals surface area contributed by atoms with Crippen LogP contribution in [0, 0.1) is 5.92 Å². The van der Waals surface area contributed by atoms with E-state index in [0.29, 0.717) is 6.42 Å². The minimum atomic E-state index is -4.42. The summed E-state index contributed by atoms with van der Waals surface area (Å²) < 4.78 is 66.1. The Hall–Kier alpha value is -1.14. The van der Waals surface area contributed by atoms with Gasteiger partial charge in [0.05, 0.1) is 11.3 Å². The maximum absolute atomic E-state index is 13.1. The summed E-state index contributed by atoms with van der Waals surface area (Å²) in [6.45, 7) is 0.144. The van der Waals surface area contributed by atoms with Gasteiger partial charge >= 0.3 is 6.18 Å². The lowest BCUT2D eigenvalue weighted by Gasteiger charge is -2.10. The molecule has 1 unspecified atom stereocenters. The van der Waals surface area contributed by atoms with E-state index >= 15 is 0 Å². The Balaban J connectivity index is 1.77. The van der Waals surface area contributed by atoms with Crippen molar-refractivity contribution in [3.63, 3.8) is 0 Å². The summed E-state index contributed by atoms with van der Waals surface area (Å²) >= 11 is 0. The highest BCUT2D eigenvalue weighted by molar-refractivity contribution is 5.27. The fourth-order valence-corrected chi connectivity index (χ4v) is 2.87. The molecule has 0 bridgehead atoms. The van der Waals surface area contributed by atoms with Crippen molar-refractivity contribution in [3.8, 4) is 0 Å². The molecule has 2 nitrogen and oxygen atoms in total. The third kappa shape index (κ3) is 2.81. The highest BCUT2D eigenvalue weighted by atomic mass is 19.4. The van der Waals surface area contributed by atoms with Crippen LogP contribution in [-0.4, -0.2) is 15.7 Å². The molecule has 3 rings (SSSR count). The van der Waals surface area contributed by atoms with E-state index in [0.717, 1.165) is 19.0 Å². The number of hydrogen-bond donors (Lipinski definition) is 0. The van der Waals surface area contributed by atoms with Gasteiger partial charge in [0.2, 0.25) is 5.92 Å². The first kappa shape index (κ1) is 13.8. The third-order valence-corrected chi connectivity index (χ3v) is 4.01. The molecular formula is C13H15F5N2. The SMILES string of the molecule is FC1(F)CCC(Cn2cc(C(F)(F)F)c(C3CC3)n2)C1. The zero-order chi connectivity index (χ0) is 14.5. The standard InChI is InChI=1S/C13H15F5N2/c14-12(15)4-3-8(5-12)6-20-7-10(13(16,17)18)11(19-20)9-1-2-9/h7-9H,1-6H2. The molecule has 2 aliphatic carbocycles. The molecule has 112 valence electrons. The first-order chi connectivity index (χ1) is 9.24. The molecule has 0 N–H and O–H groups in total. The summed E-state index contributed by atoms with van der Waals surface area (Å²) in [5.74, 6) is -3.08. The third-order valence-electron chi connectivity index (χ3n) is 4.01. The van der Waals surface area contributed by atoms with Gasteiger partial charge in [0, 0.05) is 31.5 Å². The van der Waals surface area contributed by atoms with Gasteiger partial charge in [-0.3, -0.25) is 4.68 Å². The summed E-state index contributed by atoms with van der Waals surface area (Å²) in [5, 5.41) is 4.00. The van der Waals surface area contributed by atoms with Crippen molar-refractivity contribution in [2.75, 3.05) is 0 Å². The second kappa shape index (κ2) is 4.43. The first-order valence-electron chi connectivity index (χ1n) is 6.77. The van der Waals surface area contributed by atoms with Crippen molar-refractivity contribution in [2.24, 2.45) is 5.92 Å². The fraction of sp³-hybridized carbons (Fsp3) is 0.769. The van der Waals surface area contributed by atoms with Gasteiger partial charge in [0.1, 0.15) is 0 Å². The fourth-order valence-electron chi connectivity index (χ4n) is 2.87. The van der Waals surface area contributed by atoms with Gasteiger partial charge < -0.3 is 0 Å². The smallest absolute Gasteiger partial charge is 0.272 e. The molecule has 0 aromatic carbocycles. The van der Waals surface area contributed by atoms with Crippen molar-refractivity contribution in [3.05, 3.63) is 17.5 Å². The van der Waals surface area contributed by atoms with Crippen LogP contribution in [0.4, 0.5) is 22.0 Å². The Kier molecular flexibility index (Phi) is 3.06.